The molecule has 0 aliphatic carbocycles. The first-order valence-electron chi connectivity index (χ1n) is 6.27. The molecular formula is C14H17Cl2N3. The number of hydrogen-bond acceptors (Lipinski definition) is 2. The van der Waals surface area contributed by atoms with Gasteiger partial charge < -0.3 is 5.73 Å². The minimum Gasteiger partial charge on any atom is -0.319 e. The zero-order chi connectivity index (χ0) is 14.0. The number of halogens is 2. The van der Waals surface area contributed by atoms with E-state index in [1.165, 1.54) is 0 Å². The van der Waals surface area contributed by atoms with Gasteiger partial charge in [0.2, 0.25) is 0 Å². The Labute approximate surface area is 123 Å². The number of aryl methyl sites for hydroxylation is 2. The predicted octanol–water partition coefficient (Wildman–Crippen LogP) is 3.96. The molecule has 1 heterocycles. The van der Waals surface area contributed by atoms with Crippen molar-refractivity contribution < 1.29 is 0 Å². The molecule has 0 saturated carbocycles. The van der Waals surface area contributed by atoms with Crippen molar-refractivity contribution >= 4 is 23.2 Å². The minimum absolute atomic E-state index is 0.320. The number of nitrogens with two attached hydrogens (primary N) is 1. The van der Waals surface area contributed by atoms with E-state index in [4.69, 9.17) is 28.9 Å². The number of aromatic nitrogens is 2. The van der Waals surface area contributed by atoms with Gasteiger partial charge in [-0.15, -0.1) is 0 Å². The summed E-state index contributed by atoms with van der Waals surface area (Å²) >= 11 is 12.3. The maximum atomic E-state index is 6.31. The minimum atomic E-state index is -0.320. The van der Waals surface area contributed by atoms with Crippen molar-refractivity contribution in [2.45, 2.75) is 32.9 Å². The fraction of sp³-hybridized carbons (Fsp3) is 0.357. The third-order valence-corrected chi connectivity index (χ3v) is 3.82. The Balaban J connectivity index is 2.40. The summed E-state index contributed by atoms with van der Waals surface area (Å²) in [7, 11) is 0. The van der Waals surface area contributed by atoms with E-state index >= 15 is 0 Å². The summed E-state index contributed by atoms with van der Waals surface area (Å²) in [4.78, 5) is 0. The van der Waals surface area contributed by atoms with Crippen LogP contribution in [0.1, 0.15) is 36.2 Å². The van der Waals surface area contributed by atoms with Gasteiger partial charge in [-0.25, -0.2) is 0 Å². The molecule has 0 spiro atoms. The van der Waals surface area contributed by atoms with Crippen LogP contribution in [0.5, 0.6) is 0 Å². The van der Waals surface area contributed by atoms with Gasteiger partial charge in [-0.05, 0) is 30.5 Å². The van der Waals surface area contributed by atoms with Crippen LogP contribution in [-0.4, -0.2) is 9.78 Å². The van der Waals surface area contributed by atoms with Crippen LogP contribution in [0.4, 0.5) is 0 Å². The molecule has 2 rings (SSSR count). The van der Waals surface area contributed by atoms with Crippen molar-refractivity contribution in [3.8, 4) is 0 Å². The van der Waals surface area contributed by atoms with Gasteiger partial charge in [0.1, 0.15) is 0 Å². The largest absolute Gasteiger partial charge is 0.319 e. The van der Waals surface area contributed by atoms with Crippen LogP contribution < -0.4 is 5.73 Å². The van der Waals surface area contributed by atoms with Gasteiger partial charge >= 0.3 is 0 Å². The standard InChI is InChI=1S/C14H17Cl2N3/c1-3-6-19-14(12(16)8-18-19)13(17)10-5-4-9(2)11(15)7-10/h4-5,7-8,13H,3,6,17H2,1-2H3. The summed E-state index contributed by atoms with van der Waals surface area (Å²) in [6, 6.07) is 5.51. The van der Waals surface area contributed by atoms with Gasteiger partial charge in [0, 0.05) is 11.6 Å². The van der Waals surface area contributed by atoms with Gasteiger partial charge in [-0.1, -0.05) is 42.3 Å². The third kappa shape index (κ3) is 2.94. The van der Waals surface area contributed by atoms with E-state index in [9.17, 15) is 0 Å². The van der Waals surface area contributed by atoms with E-state index in [-0.39, 0.29) is 6.04 Å². The second-order valence-electron chi connectivity index (χ2n) is 4.59. The molecule has 0 amide bonds. The summed E-state index contributed by atoms with van der Waals surface area (Å²) in [5.74, 6) is 0. The van der Waals surface area contributed by atoms with Crippen molar-refractivity contribution in [3.05, 3.63) is 51.3 Å². The average molecular weight is 298 g/mol. The molecule has 0 fully saturated rings. The Kier molecular flexibility index (Phi) is 4.50. The molecule has 1 aromatic heterocycles. The summed E-state index contributed by atoms with van der Waals surface area (Å²) in [6.45, 7) is 4.86. The Hall–Kier alpha value is -1.03. The van der Waals surface area contributed by atoms with Crippen LogP contribution in [0.25, 0.3) is 0 Å². The van der Waals surface area contributed by atoms with Gasteiger partial charge in [0.05, 0.1) is 23.0 Å². The van der Waals surface area contributed by atoms with E-state index in [2.05, 4.69) is 12.0 Å². The lowest BCUT2D eigenvalue weighted by Crippen LogP contribution is -2.18. The van der Waals surface area contributed by atoms with Crippen molar-refractivity contribution in [1.29, 1.82) is 0 Å². The Morgan fingerprint density at radius 1 is 1.32 bits per heavy atom. The highest BCUT2D eigenvalue weighted by molar-refractivity contribution is 6.31. The van der Waals surface area contributed by atoms with Crippen molar-refractivity contribution in [3.63, 3.8) is 0 Å². The van der Waals surface area contributed by atoms with E-state index in [1.54, 1.807) is 6.20 Å². The van der Waals surface area contributed by atoms with E-state index in [0.717, 1.165) is 29.8 Å². The molecular weight excluding hydrogens is 281 g/mol. The Morgan fingerprint density at radius 3 is 2.68 bits per heavy atom. The fourth-order valence-electron chi connectivity index (χ4n) is 2.03. The van der Waals surface area contributed by atoms with Crippen molar-refractivity contribution in [2.75, 3.05) is 0 Å². The Bertz CT molecular complexity index is 578. The van der Waals surface area contributed by atoms with Crippen LogP contribution in [0.3, 0.4) is 0 Å². The number of benzene rings is 1. The van der Waals surface area contributed by atoms with E-state index in [1.807, 2.05) is 29.8 Å². The van der Waals surface area contributed by atoms with Crippen molar-refractivity contribution in [1.82, 2.24) is 9.78 Å². The fourth-order valence-corrected chi connectivity index (χ4v) is 2.48. The summed E-state index contributed by atoms with van der Waals surface area (Å²) in [6.07, 6.45) is 2.62. The second-order valence-corrected chi connectivity index (χ2v) is 5.40. The molecule has 1 aromatic carbocycles. The first kappa shape index (κ1) is 14.4. The molecule has 3 nitrogen and oxygen atoms in total. The molecule has 0 radical (unpaired) electrons. The SMILES string of the molecule is CCCn1ncc(Cl)c1C(N)c1ccc(C)c(Cl)c1. The average Bonchev–Trinajstić information content (AvgIpc) is 2.74. The summed E-state index contributed by atoms with van der Waals surface area (Å²) in [5.41, 5.74) is 9.12. The zero-order valence-electron chi connectivity index (χ0n) is 11.0. The smallest absolute Gasteiger partial charge is 0.0837 e. The van der Waals surface area contributed by atoms with E-state index < -0.39 is 0 Å². The van der Waals surface area contributed by atoms with Gasteiger partial charge in [0.25, 0.3) is 0 Å². The Morgan fingerprint density at radius 2 is 2.05 bits per heavy atom. The highest BCUT2D eigenvalue weighted by atomic mass is 35.5. The lowest BCUT2D eigenvalue weighted by atomic mass is 10.0. The van der Waals surface area contributed by atoms with Gasteiger partial charge in [-0.3, -0.25) is 4.68 Å². The topological polar surface area (TPSA) is 43.8 Å². The summed E-state index contributed by atoms with van der Waals surface area (Å²) < 4.78 is 1.86. The molecule has 19 heavy (non-hydrogen) atoms. The number of hydrogen-bond donors (Lipinski definition) is 1. The van der Waals surface area contributed by atoms with Crippen LogP contribution in [0, 0.1) is 6.92 Å². The van der Waals surface area contributed by atoms with E-state index in [0.29, 0.717) is 10.0 Å². The molecule has 0 bridgehead atoms. The highest BCUT2D eigenvalue weighted by Gasteiger charge is 2.18. The third-order valence-electron chi connectivity index (χ3n) is 3.12. The van der Waals surface area contributed by atoms with Crippen LogP contribution in [0.2, 0.25) is 10.0 Å². The molecule has 102 valence electrons. The highest BCUT2D eigenvalue weighted by Crippen LogP contribution is 2.29. The second kappa shape index (κ2) is 5.95. The molecule has 5 heteroatoms. The van der Waals surface area contributed by atoms with Crippen LogP contribution in [0.15, 0.2) is 24.4 Å². The monoisotopic (exact) mass is 297 g/mol. The van der Waals surface area contributed by atoms with Crippen LogP contribution in [-0.2, 0) is 6.54 Å². The molecule has 0 aliphatic rings. The maximum Gasteiger partial charge on any atom is 0.0837 e. The lowest BCUT2D eigenvalue weighted by molar-refractivity contribution is 0.560. The van der Waals surface area contributed by atoms with Gasteiger partial charge in [0.15, 0.2) is 0 Å². The lowest BCUT2D eigenvalue weighted by Gasteiger charge is -2.16. The van der Waals surface area contributed by atoms with Gasteiger partial charge in [-0.2, -0.15) is 5.10 Å². The quantitative estimate of drug-likeness (QED) is 0.928. The molecule has 0 saturated heterocycles. The molecule has 2 aromatic rings. The number of rotatable bonds is 4. The predicted molar refractivity (Wildman–Crippen MR) is 79.7 cm³/mol. The molecule has 2 N–H and O–H groups in total. The molecule has 0 aliphatic heterocycles. The maximum absolute atomic E-state index is 6.31. The summed E-state index contributed by atoms with van der Waals surface area (Å²) in [5, 5.41) is 5.57. The normalized spacial score (nSPS) is 12.7. The molecule has 1 unspecified atom stereocenters. The molecule has 1 atom stereocenters. The first-order chi connectivity index (χ1) is 9.04. The number of nitrogens with zero attached hydrogens (tertiary/aromatic N) is 2. The zero-order valence-corrected chi connectivity index (χ0v) is 12.5. The van der Waals surface area contributed by atoms with Crippen molar-refractivity contribution in [2.24, 2.45) is 5.73 Å². The first-order valence-corrected chi connectivity index (χ1v) is 7.03. The van der Waals surface area contributed by atoms with Crippen LogP contribution >= 0.6 is 23.2 Å².